The summed E-state index contributed by atoms with van der Waals surface area (Å²) >= 11 is 5.75. The maximum absolute atomic E-state index is 11.9. The van der Waals surface area contributed by atoms with Gasteiger partial charge in [0.15, 0.2) is 0 Å². The highest BCUT2D eigenvalue weighted by Crippen LogP contribution is 2.27. The summed E-state index contributed by atoms with van der Waals surface area (Å²) in [6.07, 6.45) is -3.88. The van der Waals surface area contributed by atoms with Crippen molar-refractivity contribution in [3.8, 4) is 0 Å². The summed E-state index contributed by atoms with van der Waals surface area (Å²) in [6, 6.07) is 2.37. The molecule has 1 aromatic rings. The number of halogens is 4. The molecule has 0 amide bonds. The first kappa shape index (κ1) is 12.3. The summed E-state index contributed by atoms with van der Waals surface area (Å²) in [7, 11) is 0. The van der Waals surface area contributed by atoms with Crippen LogP contribution >= 0.6 is 11.6 Å². The quantitative estimate of drug-likeness (QED) is 0.879. The first-order valence-electron chi connectivity index (χ1n) is 4.33. The molecule has 0 spiro atoms. The van der Waals surface area contributed by atoms with Crippen LogP contribution in [-0.2, 0) is 0 Å². The lowest BCUT2D eigenvalue weighted by Crippen LogP contribution is -2.17. The standard InChI is InChI=1S/C9H10ClF3N2/c10-6-2-1-5-15-8(6)7(14)3-4-9(11,12)13/h1-2,5,7H,3-4,14H2. The number of nitrogens with zero attached hydrogens (tertiary/aromatic N) is 1. The minimum Gasteiger partial charge on any atom is -0.323 e. The van der Waals surface area contributed by atoms with Crippen LogP contribution in [0.25, 0.3) is 0 Å². The first-order valence-corrected chi connectivity index (χ1v) is 4.70. The van der Waals surface area contributed by atoms with Crippen molar-refractivity contribution in [2.75, 3.05) is 0 Å². The number of pyridine rings is 1. The van der Waals surface area contributed by atoms with Gasteiger partial charge in [-0.1, -0.05) is 11.6 Å². The van der Waals surface area contributed by atoms with Crippen molar-refractivity contribution in [1.82, 2.24) is 4.98 Å². The third-order valence-electron chi connectivity index (χ3n) is 1.88. The molecule has 0 saturated carbocycles. The third-order valence-corrected chi connectivity index (χ3v) is 2.20. The van der Waals surface area contributed by atoms with Gasteiger partial charge in [-0.15, -0.1) is 0 Å². The molecule has 0 aromatic carbocycles. The van der Waals surface area contributed by atoms with Crippen LogP contribution < -0.4 is 5.73 Å². The highest BCUT2D eigenvalue weighted by molar-refractivity contribution is 6.31. The van der Waals surface area contributed by atoms with E-state index >= 15 is 0 Å². The highest BCUT2D eigenvalue weighted by atomic mass is 35.5. The maximum Gasteiger partial charge on any atom is 0.389 e. The van der Waals surface area contributed by atoms with E-state index < -0.39 is 18.6 Å². The zero-order valence-electron chi connectivity index (χ0n) is 7.76. The average Bonchev–Trinajstić information content (AvgIpc) is 2.14. The van der Waals surface area contributed by atoms with Gasteiger partial charge in [0.2, 0.25) is 0 Å². The molecule has 1 atom stereocenters. The summed E-state index contributed by atoms with van der Waals surface area (Å²) in [5.74, 6) is 0. The van der Waals surface area contributed by atoms with Gasteiger partial charge in [-0.2, -0.15) is 13.2 Å². The largest absolute Gasteiger partial charge is 0.389 e. The second-order valence-electron chi connectivity index (χ2n) is 3.13. The molecule has 0 aliphatic rings. The van der Waals surface area contributed by atoms with Crippen molar-refractivity contribution in [3.05, 3.63) is 29.0 Å². The van der Waals surface area contributed by atoms with Crippen LogP contribution in [0.2, 0.25) is 5.02 Å². The van der Waals surface area contributed by atoms with Crippen molar-refractivity contribution in [3.63, 3.8) is 0 Å². The van der Waals surface area contributed by atoms with Gasteiger partial charge in [0.05, 0.1) is 10.7 Å². The first-order chi connectivity index (χ1) is 6.90. The van der Waals surface area contributed by atoms with Gasteiger partial charge in [0, 0.05) is 18.7 Å². The van der Waals surface area contributed by atoms with Crippen LogP contribution in [0.1, 0.15) is 24.6 Å². The molecule has 0 bridgehead atoms. The molecule has 0 fully saturated rings. The van der Waals surface area contributed by atoms with Crippen LogP contribution in [0, 0.1) is 0 Å². The Morgan fingerprint density at radius 3 is 2.67 bits per heavy atom. The van der Waals surface area contributed by atoms with Crippen LogP contribution in [0.4, 0.5) is 13.2 Å². The van der Waals surface area contributed by atoms with E-state index in [1.54, 1.807) is 12.1 Å². The third kappa shape index (κ3) is 4.05. The Kier molecular flexibility index (Phi) is 3.93. The Morgan fingerprint density at radius 2 is 2.13 bits per heavy atom. The Hall–Kier alpha value is -0.810. The molecule has 84 valence electrons. The number of rotatable bonds is 3. The zero-order chi connectivity index (χ0) is 11.5. The molecule has 6 heteroatoms. The van der Waals surface area contributed by atoms with E-state index in [0.717, 1.165) is 0 Å². The monoisotopic (exact) mass is 238 g/mol. The molecule has 1 unspecified atom stereocenters. The molecule has 1 heterocycles. The SMILES string of the molecule is NC(CCC(F)(F)F)c1ncccc1Cl. The lowest BCUT2D eigenvalue weighted by molar-refractivity contribution is -0.136. The molecule has 1 rings (SSSR count). The van der Waals surface area contributed by atoms with Gasteiger partial charge >= 0.3 is 6.18 Å². The molecular weight excluding hydrogens is 229 g/mol. The van der Waals surface area contributed by atoms with Crippen molar-refractivity contribution >= 4 is 11.6 Å². The summed E-state index contributed by atoms with van der Waals surface area (Å²) < 4.78 is 35.8. The number of aromatic nitrogens is 1. The molecule has 15 heavy (non-hydrogen) atoms. The van der Waals surface area contributed by atoms with Crippen molar-refractivity contribution in [1.29, 1.82) is 0 Å². The van der Waals surface area contributed by atoms with Gasteiger partial charge in [-0.25, -0.2) is 0 Å². The van der Waals surface area contributed by atoms with E-state index in [-0.39, 0.29) is 6.42 Å². The fraction of sp³-hybridized carbons (Fsp3) is 0.444. The smallest absolute Gasteiger partial charge is 0.323 e. The summed E-state index contributed by atoms with van der Waals surface area (Å²) in [4.78, 5) is 3.85. The van der Waals surface area contributed by atoms with Crippen LogP contribution in [-0.4, -0.2) is 11.2 Å². The van der Waals surface area contributed by atoms with Crippen LogP contribution in [0.3, 0.4) is 0 Å². The van der Waals surface area contributed by atoms with Gasteiger partial charge in [0.25, 0.3) is 0 Å². The van der Waals surface area contributed by atoms with Crippen molar-refractivity contribution in [2.45, 2.75) is 25.1 Å². The predicted molar refractivity (Wildman–Crippen MR) is 51.5 cm³/mol. The van der Waals surface area contributed by atoms with E-state index in [4.69, 9.17) is 17.3 Å². The topological polar surface area (TPSA) is 38.9 Å². The molecule has 0 aliphatic carbocycles. The Morgan fingerprint density at radius 1 is 1.47 bits per heavy atom. The lowest BCUT2D eigenvalue weighted by Gasteiger charge is -2.13. The summed E-state index contributed by atoms with van der Waals surface area (Å²) in [5.41, 5.74) is 5.86. The molecule has 2 nitrogen and oxygen atoms in total. The van der Waals surface area contributed by atoms with Gasteiger partial charge < -0.3 is 5.73 Å². The zero-order valence-corrected chi connectivity index (χ0v) is 8.52. The van der Waals surface area contributed by atoms with E-state index in [2.05, 4.69) is 4.98 Å². The lowest BCUT2D eigenvalue weighted by atomic mass is 10.1. The van der Waals surface area contributed by atoms with E-state index in [0.29, 0.717) is 10.7 Å². The second-order valence-corrected chi connectivity index (χ2v) is 3.54. The summed E-state index contributed by atoms with van der Waals surface area (Å²) in [6.45, 7) is 0. The summed E-state index contributed by atoms with van der Waals surface area (Å²) in [5, 5.41) is 0.298. The van der Waals surface area contributed by atoms with Gasteiger partial charge in [-0.3, -0.25) is 4.98 Å². The molecule has 0 aliphatic heterocycles. The number of hydrogen-bond donors (Lipinski definition) is 1. The molecule has 0 saturated heterocycles. The van der Waals surface area contributed by atoms with Gasteiger partial charge in [0.1, 0.15) is 0 Å². The molecule has 1 aromatic heterocycles. The molecule has 0 radical (unpaired) electrons. The number of hydrogen-bond acceptors (Lipinski definition) is 2. The average molecular weight is 239 g/mol. The van der Waals surface area contributed by atoms with E-state index in [9.17, 15) is 13.2 Å². The number of alkyl halides is 3. The molecular formula is C9H10ClF3N2. The van der Waals surface area contributed by atoms with Gasteiger partial charge in [-0.05, 0) is 18.6 Å². The Bertz CT molecular complexity index is 327. The Balaban J connectivity index is 2.62. The van der Waals surface area contributed by atoms with Crippen molar-refractivity contribution < 1.29 is 13.2 Å². The maximum atomic E-state index is 11.9. The Labute approximate surface area is 90.3 Å². The number of nitrogens with two attached hydrogens (primary N) is 1. The van der Waals surface area contributed by atoms with Crippen LogP contribution in [0.15, 0.2) is 18.3 Å². The normalized spacial score (nSPS) is 13.9. The van der Waals surface area contributed by atoms with E-state index in [1.165, 1.54) is 6.20 Å². The van der Waals surface area contributed by atoms with Crippen molar-refractivity contribution in [2.24, 2.45) is 5.73 Å². The molecule has 2 N–H and O–H groups in total. The second kappa shape index (κ2) is 4.81. The predicted octanol–water partition coefficient (Wildman–Crippen LogP) is 3.08. The minimum atomic E-state index is -4.20. The fourth-order valence-electron chi connectivity index (χ4n) is 1.13. The fourth-order valence-corrected chi connectivity index (χ4v) is 1.39. The van der Waals surface area contributed by atoms with Crippen LogP contribution in [0.5, 0.6) is 0 Å². The minimum absolute atomic E-state index is 0.208. The highest BCUT2D eigenvalue weighted by Gasteiger charge is 2.28. The van der Waals surface area contributed by atoms with E-state index in [1.807, 2.05) is 0 Å².